The van der Waals surface area contributed by atoms with Crippen LogP contribution in [-0.4, -0.2) is 56.6 Å². The molecule has 0 bridgehead atoms. The second-order valence-corrected chi connectivity index (χ2v) is 8.28. The number of rotatable bonds is 4. The number of nitrogens with one attached hydrogen (secondary N) is 1. The van der Waals surface area contributed by atoms with Gasteiger partial charge in [-0.1, -0.05) is 36.4 Å². The van der Waals surface area contributed by atoms with Gasteiger partial charge in [-0.05, 0) is 36.1 Å². The number of methoxy groups -OCH3 is 1. The van der Waals surface area contributed by atoms with E-state index in [2.05, 4.69) is 36.4 Å². The molecule has 30 heavy (non-hydrogen) atoms. The number of hydrogen-bond acceptors (Lipinski definition) is 4. The standard InChI is InChI=1S/C24H27N3O3/c1-29-19-9-6-18(7-10-19)24-21-11-8-17-4-2-3-5-20(17)23(21)25-27(24)22(28)16-26-12-14-30-15-13-26/h2-7,9-10,21,24H,8,11-16H2,1H3/p+1/t21-,24-/m0/s1. The molecular weight excluding hydrogens is 378 g/mol. The molecule has 0 radical (unpaired) electrons. The summed E-state index contributed by atoms with van der Waals surface area (Å²) in [6.45, 7) is 3.64. The largest absolute Gasteiger partial charge is 0.497 e. The number of carbonyl (C=O) groups is 1. The third kappa shape index (κ3) is 3.50. The summed E-state index contributed by atoms with van der Waals surface area (Å²) in [5.41, 5.74) is 4.70. The lowest BCUT2D eigenvalue weighted by atomic mass is 9.77. The van der Waals surface area contributed by atoms with Crippen molar-refractivity contribution in [3.8, 4) is 5.75 Å². The van der Waals surface area contributed by atoms with Crippen molar-refractivity contribution in [1.82, 2.24) is 5.01 Å². The first-order valence-electron chi connectivity index (χ1n) is 10.8. The first-order chi connectivity index (χ1) is 14.7. The molecule has 1 saturated heterocycles. The molecular formula is C24H28N3O3+. The molecule has 0 aromatic heterocycles. The summed E-state index contributed by atoms with van der Waals surface area (Å²) in [4.78, 5) is 14.7. The van der Waals surface area contributed by atoms with Gasteiger partial charge < -0.3 is 14.4 Å². The van der Waals surface area contributed by atoms with Crippen LogP contribution in [0.2, 0.25) is 0 Å². The Kier molecular flexibility index (Phi) is 5.27. The zero-order valence-corrected chi connectivity index (χ0v) is 17.3. The molecule has 1 aliphatic carbocycles. The minimum absolute atomic E-state index is 0.0628. The fourth-order valence-electron chi connectivity index (χ4n) is 4.94. The first-order valence-corrected chi connectivity index (χ1v) is 10.8. The van der Waals surface area contributed by atoms with Gasteiger partial charge in [0, 0.05) is 11.5 Å². The summed E-state index contributed by atoms with van der Waals surface area (Å²) in [6.07, 6.45) is 2.02. The molecule has 1 amide bonds. The summed E-state index contributed by atoms with van der Waals surface area (Å²) in [5.74, 6) is 1.13. The highest BCUT2D eigenvalue weighted by Gasteiger charge is 2.44. The lowest BCUT2D eigenvalue weighted by Gasteiger charge is -2.30. The van der Waals surface area contributed by atoms with E-state index in [-0.39, 0.29) is 17.9 Å². The van der Waals surface area contributed by atoms with Crippen LogP contribution in [0, 0.1) is 5.92 Å². The van der Waals surface area contributed by atoms with Crippen molar-refractivity contribution in [3.63, 3.8) is 0 Å². The summed E-state index contributed by atoms with van der Waals surface area (Å²) >= 11 is 0. The molecule has 0 unspecified atom stereocenters. The van der Waals surface area contributed by atoms with E-state index in [1.165, 1.54) is 16.0 Å². The molecule has 0 saturated carbocycles. The molecule has 2 aliphatic heterocycles. The van der Waals surface area contributed by atoms with Gasteiger partial charge in [0.05, 0.1) is 32.1 Å². The fourth-order valence-corrected chi connectivity index (χ4v) is 4.94. The van der Waals surface area contributed by atoms with Gasteiger partial charge in [-0.2, -0.15) is 5.10 Å². The molecule has 2 aromatic rings. The SMILES string of the molecule is COc1ccc([C@H]2[C@H]3CCc4ccccc4C3=NN2C(=O)C[NH+]2CCOCC2)cc1. The van der Waals surface area contributed by atoms with Crippen molar-refractivity contribution >= 4 is 11.6 Å². The van der Waals surface area contributed by atoms with E-state index >= 15 is 0 Å². The van der Waals surface area contributed by atoms with E-state index in [9.17, 15) is 4.79 Å². The Hall–Kier alpha value is -2.70. The van der Waals surface area contributed by atoms with Crippen LogP contribution in [0.1, 0.15) is 29.2 Å². The van der Waals surface area contributed by atoms with Crippen molar-refractivity contribution in [1.29, 1.82) is 0 Å². The predicted octanol–water partition coefficient (Wildman–Crippen LogP) is 1.46. The maximum Gasteiger partial charge on any atom is 0.298 e. The second kappa shape index (κ2) is 8.20. The lowest BCUT2D eigenvalue weighted by Crippen LogP contribution is -3.15. The van der Waals surface area contributed by atoms with Crippen LogP contribution in [0.5, 0.6) is 5.75 Å². The summed E-state index contributed by atoms with van der Waals surface area (Å²) in [5, 5.41) is 6.71. The number of hydrazone groups is 1. The smallest absolute Gasteiger partial charge is 0.298 e. The second-order valence-electron chi connectivity index (χ2n) is 8.28. The topological polar surface area (TPSA) is 55.6 Å². The van der Waals surface area contributed by atoms with Crippen LogP contribution in [0.15, 0.2) is 53.6 Å². The minimum Gasteiger partial charge on any atom is -0.497 e. The molecule has 1 N–H and O–H groups in total. The van der Waals surface area contributed by atoms with Crippen molar-refractivity contribution in [2.75, 3.05) is 40.0 Å². The van der Waals surface area contributed by atoms with Crippen LogP contribution < -0.4 is 9.64 Å². The maximum absolute atomic E-state index is 13.4. The van der Waals surface area contributed by atoms with E-state index in [4.69, 9.17) is 14.6 Å². The van der Waals surface area contributed by atoms with Gasteiger partial charge in [0.25, 0.3) is 5.91 Å². The highest BCUT2D eigenvalue weighted by atomic mass is 16.5. The first kappa shape index (κ1) is 19.3. The summed E-state index contributed by atoms with van der Waals surface area (Å²) < 4.78 is 10.8. The van der Waals surface area contributed by atoms with E-state index in [0.717, 1.165) is 56.2 Å². The molecule has 2 heterocycles. The number of quaternary nitrogens is 1. The number of ether oxygens (including phenoxy) is 2. The number of carbonyl (C=O) groups excluding carboxylic acids is 1. The van der Waals surface area contributed by atoms with Crippen molar-refractivity contribution in [3.05, 3.63) is 65.2 Å². The van der Waals surface area contributed by atoms with Gasteiger partial charge in [0.15, 0.2) is 6.54 Å². The van der Waals surface area contributed by atoms with Crippen LogP contribution in [0.3, 0.4) is 0 Å². The number of fused-ring (bicyclic) bond motifs is 3. The third-order valence-corrected chi connectivity index (χ3v) is 6.54. The average molecular weight is 407 g/mol. The fraction of sp³-hybridized carbons (Fsp3) is 0.417. The molecule has 6 nitrogen and oxygen atoms in total. The monoisotopic (exact) mass is 406 g/mol. The number of benzene rings is 2. The average Bonchev–Trinajstić information content (AvgIpc) is 3.20. The molecule has 6 heteroatoms. The number of morpholine rings is 1. The van der Waals surface area contributed by atoms with Crippen LogP contribution in [0.25, 0.3) is 0 Å². The lowest BCUT2D eigenvalue weighted by molar-refractivity contribution is -0.900. The van der Waals surface area contributed by atoms with Crippen LogP contribution in [0.4, 0.5) is 0 Å². The summed E-state index contributed by atoms with van der Waals surface area (Å²) in [6, 6.07) is 16.5. The normalized spacial score (nSPS) is 23.5. The van der Waals surface area contributed by atoms with Crippen molar-refractivity contribution < 1.29 is 19.2 Å². The molecule has 1 fully saturated rings. The zero-order valence-electron chi connectivity index (χ0n) is 17.3. The molecule has 2 aromatic carbocycles. The third-order valence-electron chi connectivity index (χ3n) is 6.54. The van der Waals surface area contributed by atoms with E-state index in [1.54, 1.807) is 12.1 Å². The van der Waals surface area contributed by atoms with Crippen LogP contribution >= 0.6 is 0 Å². The van der Waals surface area contributed by atoms with E-state index in [0.29, 0.717) is 6.54 Å². The number of amides is 1. The van der Waals surface area contributed by atoms with Crippen molar-refractivity contribution in [2.24, 2.45) is 11.0 Å². The number of aryl methyl sites for hydroxylation is 1. The number of nitrogens with zero attached hydrogens (tertiary/aromatic N) is 2. The van der Waals surface area contributed by atoms with E-state index < -0.39 is 0 Å². The molecule has 5 rings (SSSR count). The highest BCUT2D eigenvalue weighted by Crippen LogP contribution is 2.43. The molecule has 3 aliphatic rings. The Morgan fingerprint density at radius 2 is 1.93 bits per heavy atom. The molecule has 0 spiro atoms. The van der Waals surface area contributed by atoms with Gasteiger partial charge in [-0.25, -0.2) is 5.01 Å². The zero-order chi connectivity index (χ0) is 20.5. The Morgan fingerprint density at radius 1 is 1.17 bits per heavy atom. The Labute approximate surface area is 177 Å². The predicted molar refractivity (Wildman–Crippen MR) is 114 cm³/mol. The van der Waals surface area contributed by atoms with Gasteiger partial charge in [-0.3, -0.25) is 4.79 Å². The molecule has 156 valence electrons. The minimum atomic E-state index is -0.0628. The number of hydrogen-bond donors (Lipinski definition) is 1. The molecule has 2 atom stereocenters. The van der Waals surface area contributed by atoms with Gasteiger partial charge >= 0.3 is 0 Å². The summed E-state index contributed by atoms with van der Waals surface area (Å²) in [7, 11) is 1.67. The Balaban J connectivity index is 1.49. The van der Waals surface area contributed by atoms with Gasteiger partial charge in [0.1, 0.15) is 18.8 Å². The van der Waals surface area contributed by atoms with E-state index in [1.807, 2.05) is 12.1 Å². The van der Waals surface area contributed by atoms with Crippen molar-refractivity contribution in [2.45, 2.75) is 18.9 Å². The Bertz CT molecular complexity index is 950. The Morgan fingerprint density at radius 3 is 2.70 bits per heavy atom. The maximum atomic E-state index is 13.4. The highest BCUT2D eigenvalue weighted by molar-refractivity contribution is 6.06. The van der Waals surface area contributed by atoms with Crippen LogP contribution in [-0.2, 0) is 16.0 Å². The van der Waals surface area contributed by atoms with Gasteiger partial charge in [-0.15, -0.1) is 0 Å². The quantitative estimate of drug-likeness (QED) is 0.837. The van der Waals surface area contributed by atoms with Gasteiger partial charge in [0.2, 0.25) is 0 Å².